The number of carboxylic acid groups (broad SMARTS) is 1. The molecule has 1 heterocycles. The van der Waals surface area contributed by atoms with Gasteiger partial charge in [0.15, 0.2) is 0 Å². The first-order valence-corrected chi connectivity index (χ1v) is 6.55. The second-order valence-electron chi connectivity index (χ2n) is 5.10. The second kappa shape index (κ2) is 5.92. The van der Waals surface area contributed by atoms with Crippen LogP contribution in [0.1, 0.15) is 16.8 Å². The number of nitrogens with zero attached hydrogens (tertiary/aromatic N) is 2. The number of aromatic carboxylic acids is 1. The first-order chi connectivity index (χ1) is 9.90. The maximum absolute atomic E-state index is 12.0. The van der Waals surface area contributed by atoms with Gasteiger partial charge >= 0.3 is 17.1 Å². The molecule has 7 nitrogen and oxygen atoms in total. The molecule has 0 unspecified atom stereocenters. The highest BCUT2D eigenvalue weighted by molar-refractivity contribution is 5.92. The van der Waals surface area contributed by atoms with E-state index in [2.05, 4.69) is 4.98 Å². The summed E-state index contributed by atoms with van der Waals surface area (Å²) in [5.74, 6) is -1.07. The average Bonchev–Trinajstić information content (AvgIpc) is 2.42. The van der Waals surface area contributed by atoms with Crippen LogP contribution in [0.5, 0.6) is 0 Å². The molecule has 0 amide bonds. The summed E-state index contributed by atoms with van der Waals surface area (Å²) in [7, 11) is 3.84. The lowest BCUT2D eigenvalue weighted by atomic mass is 10.2. The van der Waals surface area contributed by atoms with E-state index in [-0.39, 0.29) is 5.56 Å². The molecule has 2 rings (SSSR count). The fraction of sp³-hybridized carbons (Fsp3) is 0.357. The van der Waals surface area contributed by atoms with Crippen LogP contribution in [0, 0.1) is 0 Å². The van der Waals surface area contributed by atoms with Crippen molar-refractivity contribution in [1.82, 2.24) is 14.5 Å². The van der Waals surface area contributed by atoms with E-state index in [0.717, 1.165) is 6.54 Å². The van der Waals surface area contributed by atoms with Crippen molar-refractivity contribution in [2.24, 2.45) is 0 Å². The van der Waals surface area contributed by atoms with E-state index in [4.69, 9.17) is 5.11 Å². The van der Waals surface area contributed by atoms with Crippen molar-refractivity contribution < 1.29 is 9.90 Å². The molecule has 0 aliphatic rings. The first kappa shape index (κ1) is 15.0. The molecule has 7 heteroatoms. The molecule has 0 aliphatic carbocycles. The third-order valence-electron chi connectivity index (χ3n) is 3.21. The fourth-order valence-electron chi connectivity index (χ4n) is 2.17. The maximum atomic E-state index is 12.0. The molecule has 0 aliphatic heterocycles. The van der Waals surface area contributed by atoms with Gasteiger partial charge in [-0.25, -0.2) is 4.79 Å². The molecule has 0 saturated carbocycles. The molecule has 0 spiro atoms. The second-order valence-corrected chi connectivity index (χ2v) is 5.10. The molecule has 2 aromatic rings. The predicted molar refractivity (Wildman–Crippen MR) is 79.0 cm³/mol. The minimum Gasteiger partial charge on any atom is -0.478 e. The highest BCUT2D eigenvalue weighted by Crippen LogP contribution is 2.12. The van der Waals surface area contributed by atoms with Crippen LogP contribution in [0.25, 0.3) is 11.0 Å². The summed E-state index contributed by atoms with van der Waals surface area (Å²) in [4.78, 5) is 39.1. The summed E-state index contributed by atoms with van der Waals surface area (Å²) in [6.45, 7) is 1.12. The number of aromatic amines is 1. The van der Waals surface area contributed by atoms with Crippen molar-refractivity contribution in [3.63, 3.8) is 0 Å². The summed E-state index contributed by atoms with van der Waals surface area (Å²) < 4.78 is 1.34. The summed E-state index contributed by atoms with van der Waals surface area (Å²) in [6.07, 6.45) is 0.683. The number of carboxylic acids is 1. The Morgan fingerprint density at radius 3 is 2.67 bits per heavy atom. The molecule has 1 aromatic heterocycles. The maximum Gasteiger partial charge on any atom is 0.335 e. The van der Waals surface area contributed by atoms with E-state index in [1.807, 2.05) is 19.0 Å². The van der Waals surface area contributed by atoms with E-state index in [0.29, 0.717) is 24.0 Å². The molecule has 0 bridgehead atoms. The Balaban J connectivity index is 2.55. The number of rotatable bonds is 5. The lowest BCUT2D eigenvalue weighted by Gasteiger charge is -2.12. The molecule has 0 atom stereocenters. The number of fused-ring (bicyclic) bond motifs is 1. The van der Waals surface area contributed by atoms with Gasteiger partial charge in [-0.15, -0.1) is 0 Å². The normalized spacial score (nSPS) is 11.2. The molecule has 1 aromatic carbocycles. The van der Waals surface area contributed by atoms with Gasteiger partial charge in [-0.3, -0.25) is 9.59 Å². The number of hydrogen-bond donors (Lipinski definition) is 2. The van der Waals surface area contributed by atoms with Crippen LogP contribution in [-0.2, 0) is 6.54 Å². The summed E-state index contributed by atoms with van der Waals surface area (Å²) in [6, 6.07) is 4.31. The minimum absolute atomic E-state index is 0.0790. The Kier molecular flexibility index (Phi) is 4.23. The zero-order valence-electron chi connectivity index (χ0n) is 11.9. The zero-order chi connectivity index (χ0) is 15.6. The van der Waals surface area contributed by atoms with Crippen LogP contribution in [-0.4, -0.2) is 46.2 Å². The third-order valence-corrected chi connectivity index (χ3v) is 3.21. The first-order valence-electron chi connectivity index (χ1n) is 6.55. The number of H-pyrrole nitrogens is 1. The predicted octanol–water partition coefficient (Wildman–Crippen LogP) is 0.340. The number of carbonyl (C=O) groups is 1. The molecule has 112 valence electrons. The lowest BCUT2D eigenvalue weighted by molar-refractivity contribution is 0.0697. The topological polar surface area (TPSA) is 95.4 Å². The number of aryl methyl sites for hydroxylation is 1. The quantitative estimate of drug-likeness (QED) is 0.775. The molecular weight excluding hydrogens is 274 g/mol. The van der Waals surface area contributed by atoms with Crippen LogP contribution >= 0.6 is 0 Å². The monoisotopic (exact) mass is 291 g/mol. The van der Waals surface area contributed by atoms with Crippen LogP contribution in [0.3, 0.4) is 0 Å². The van der Waals surface area contributed by atoms with Crippen molar-refractivity contribution in [3.8, 4) is 0 Å². The van der Waals surface area contributed by atoms with Gasteiger partial charge in [0.1, 0.15) is 0 Å². The highest BCUT2D eigenvalue weighted by Gasteiger charge is 2.10. The smallest absolute Gasteiger partial charge is 0.335 e. The number of benzene rings is 1. The van der Waals surface area contributed by atoms with Gasteiger partial charge in [-0.05, 0) is 45.3 Å². The van der Waals surface area contributed by atoms with Gasteiger partial charge in [0.25, 0.3) is 0 Å². The van der Waals surface area contributed by atoms with Crippen molar-refractivity contribution in [1.29, 1.82) is 0 Å². The number of hydrogen-bond acceptors (Lipinski definition) is 4. The van der Waals surface area contributed by atoms with Crippen LogP contribution in [0.2, 0.25) is 0 Å². The molecule has 2 N–H and O–H groups in total. The summed E-state index contributed by atoms with van der Waals surface area (Å²) >= 11 is 0. The van der Waals surface area contributed by atoms with Gasteiger partial charge in [-0.2, -0.15) is 0 Å². The lowest BCUT2D eigenvalue weighted by Crippen LogP contribution is -2.37. The average molecular weight is 291 g/mol. The Labute approximate surface area is 120 Å². The number of nitrogens with one attached hydrogen (secondary N) is 1. The summed E-state index contributed by atoms with van der Waals surface area (Å²) in [5, 5.41) is 9.04. The van der Waals surface area contributed by atoms with E-state index in [9.17, 15) is 14.4 Å². The largest absolute Gasteiger partial charge is 0.478 e. The Hall–Kier alpha value is -2.41. The zero-order valence-corrected chi connectivity index (χ0v) is 11.9. The van der Waals surface area contributed by atoms with Gasteiger partial charge in [0.05, 0.1) is 16.6 Å². The van der Waals surface area contributed by atoms with Crippen LogP contribution < -0.4 is 11.1 Å². The molecular formula is C14H17N3O4. The Morgan fingerprint density at radius 2 is 2.05 bits per heavy atom. The van der Waals surface area contributed by atoms with Gasteiger partial charge in [0.2, 0.25) is 0 Å². The summed E-state index contributed by atoms with van der Waals surface area (Å²) in [5.41, 5.74) is -0.401. The van der Waals surface area contributed by atoms with Crippen molar-refractivity contribution in [3.05, 3.63) is 44.5 Å². The van der Waals surface area contributed by atoms with Crippen molar-refractivity contribution >= 4 is 17.0 Å². The Bertz CT molecular complexity index is 789. The van der Waals surface area contributed by atoms with Crippen LogP contribution in [0.15, 0.2) is 27.8 Å². The van der Waals surface area contributed by atoms with E-state index in [1.54, 1.807) is 0 Å². The molecule has 0 radical (unpaired) electrons. The van der Waals surface area contributed by atoms with Gasteiger partial charge in [0, 0.05) is 6.54 Å². The van der Waals surface area contributed by atoms with E-state index in [1.165, 1.54) is 22.8 Å². The van der Waals surface area contributed by atoms with Gasteiger partial charge in [-0.1, -0.05) is 0 Å². The van der Waals surface area contributed by atoms with Gasteiger partial charge < -0.3 is 19.6 Å². The fourth-order valence-corrected chi connectivity index (χ4v) is 2.17. The van der Waals surface area contributed by atoms with Crippen LogP contribution in [0.4, 0.5) is 0 Å². The third kappa shape index (κ3) is 3.19. The minimum atomic E-state index is -1.07. The van der Waals surface area contributed by atoms with Crippen molar-refractivity contribution in [2.75, 3.05) is 20.6 Å². The van der Waals surface area contributed by atoms with E-state index >= 15 is 0 Å². The van der Waals surface area contributed by atoms with Crippen molar-refractivity contribution in [2.45, 2.75) is 13.0 Å². The molecule has 0 fully saturated rings. The standard InChI is InChI=1S/C14H17N3O4/c1-16(2)6-3-7-17-11-8-9(14(20)21)4-5-10(11)15-12(18)13(17)19/h4-5,8H,3,6-7H2,1-2H3,(H,15,18)(H,20,21). The Morgan fingerprint density at radius 1 is 1.33 bits per heavy atom. The van der Waals surface area contributed by atoms with E-state index < -0.39 is 17.1 Å². The number of aromatic nitrogens is 2. The molecule has 21 heavy (non-hydrogen) atoms. The SMILES string of the molecule is CN(C)CCCn1c(=O)c(=O)[nH]c2ccc(C(=O)O)cc21. The molecule has 0 saturated heterocycles. The highest BCUT2D eigenvalue weighted by atomic mass is 16.4.